The molecule has 1 aliphatic heterocycles. The maximum Gasteiger partial charge on any atom is 0.230 e. The number of fused-ring (bicyclic) bond motifs is 3. The Kier molecular flexibility index (Phi) is 7.80. The molecule has 0 atom stereocenters. The van der Waals surface area contributed by atoms with E-state index < -0.39 is 10.2 Å². The molecule has 4 aromatic rings. The summed E-state index contributed by atoms with van der Waals surface area (Å²) in [6, 6.07) is 28.7. The number of nitrogens with one attached hydrogen (secondary N) is 1. The van der Waals surface area contributed by atoms with Crippen LogP contribution >= 0.6 is 11.8 Å². The van der Waals surface area contributed by atoms with Crippen LogP contribution < -0.4 is 20.0 Å². The van der Waals surface area contributed by atoms with Crippen LogP contribution in [0.5, 0.6) is 0 Å². The Labute approximate surface area is 255 Å². The zero-order valence-corrected chi connectivity index (χ0v) is 27.1. The second-order valence-corrected chi connectivity index (χ2v) is 13.9. The topological polar surface area (TPSA) is 38.8 Å². The van der Waals surface area contributed by atoms with E-state index in [0.29, 0.717) is 0 Å². The molecule has 0 radical (unpaired) electrons. The summed E-state index contributed by atoms with van der Waals surface area (Å²) < 4.78 is -0.620. The number of hydrogen-bond donors (Lipinski definition) is 1. The molecule has 0 fully saturated rings. The SMILES string of the molecule is CN(C)c1ccc(C2(c3ccc(N(C)C)cc3)SC(NC(=O)C(C)(C)C)=Cc3cc(N(C)C)c4ccccc4c32)cc1. The minimum atomic E-state index is -0.620. The van der Waals surface area contributed by atoms with Gasteiger partial charge in [-0.1, -0.05) is 81.1 Å². The fourth-order valence-electron chi connectivity index (χ4n) is 5.56. The molecule has 0 unspecified atom stereocenters. The predicted octanol–water partition coefficient (Wildman–Crippen LogP) is 7.54. The third kappa shape index (κ3) is 5.24. The van der Waals surface area contributed by atoms with E-state index in [2.05, 4.69) is 147 Å². The fourth-order valence-corrected chi connectivity index (χ4v) is 7.06. The molecule has 1 N–H and O–H groups in total. The van der Waals surface area contributed by atoms with Gasteiger partial charge in [-0.2, -0.15) is 0 Å². The predicted molar refractivity (Wildman–Crippen MR) is 183 cm³/mol. The highest BCUT2D eigenvalue weighted by Crippen LogP contribution is 2.58. The van der Waals surface area contributed by atoms with Gasteiger partial charge in [-0.25, -0.2) is 0 Å². The van der Waals surface area contributed by atoms with Crippen molar-refractivity contribution in [1.29, 1.82) is 0 Å². The van der Waals surface area contributed by atoms with E-state index >= 15 is 0 Å². The van der Waals surface area contributed by atoms with E-state index in [1.165, 1.54) is 16.3 Å². The van der Waals surface area contributed by atoms with Crippen LogP contribution in [0, 0.1) is 5.41 Å². The summed E-state index contributed by atoms with van der Waals surface area (Å²) in [5.74, 6) is -0.00173. The molecule has 0 aromatic heterocycles. The van der Waals surface area contributed by atoms with Gasteiger partial charge < -0.3 is 20.0 Å². The number of hydrogen-bond acceptors (Lipinski definition) is 5. The Morgan fingerprint density at radius 2 is 1.21 bits per heavy atom. The van der Waals surface area contributed by atoms with Gasteiger partial charge in [-0.05, 0) is 64.0 Å². The normalized spacial score (nSPS) is 14.2. The summed E-state index contributed by atoms with van der Waals surface area (Å²) in [6.45, 7) is 5.86. The lowest BCUT2D eigenvalue weighted by atomic mass is 9.78. The zero-order valence-electron chi connectivity index (χ0n) is 26.2. The second kappa shape index (κ2) is 11.1. The van der Waals surface area contributed by atoms with Crippen LogP contribution in [0.2, 0.25) is 0 Å². The highest BCUT2D eigenvalue weighted by Gasteiger charge is 2.44. The number of anilines is 3. The van der Waals surface area contributed by atoms with E-state index in [1.54, 1.807) is 11.8 Å². The Hall–Kier alpha value is -3.90. The molecule has 5 nitrogen and oxygen atoms in total. The van der Waals surface area contributed by atoms with Gasteiger partial charge in [0, 0.05) is 70.1 Å². The first-order valence-electron chi connectivity index (χ1n) is 14.3. The fraction of sp³-hybridized carbons (Fsp3) is 0.306. The molecule has 0 aliphatic carbocycles. The van der Waals surface area contributed by atoms with Crippen LogP contribution in [0.3, 0.4) is 0 Å². The minimum absolute atomic E-state index is 0.00173. The van der Waals surface area contributed by atoms with Crippen molar-refractivity contribution in [3.63, 3.8) is 0 Å². The molecule has 5 rings (SSSR count). The molecule has 0 saturated heterocycles. The van der Waals surface area contributed by atoms with Gasteiger partial charge >= 0.3 is 0 Å². The second-order valence-electron chi connectivity index (χ2n) is 12.7. The molecule has 1 heterocycles. The van der Waals surface area contributed by atoms with Crippen LogP contribution in [-0.4, -0.2) is 48.2 Å². The smallest absolute Gasteiger partial charge is 0.230 e. The number of thioether (sulfide) groups is 1. The van der Waals surface area contributed by atoms with Crippen molar-refractivity contribution < 1.29 is 4.79 Å². The van der Waals surface area contributed by atoms with Crippen LogP contribution in [0.25, 0.3) is 16.8 Å². The lowest BCUT2D eigenvalue weighted by molar-refractivity contribution is -0.127. The van der Waals surface area contributed by atoms with E-state index in [-0.39, 0.29) is 5.91 Å². The largest absolute Gasteiger partial charge is 0.378 e. The van der Waals surface area contributed by atoms with Crippen molar-refractivity contribution >= 4 is 51.6 Å². The lowest BCUT2D eigenvalue weighted by Gasteiger charge is -2.41. The molecular formula is C36H42N4OS. The number of benzene rings is 4. The first-order chi connectivity index (χ1) is 19.8. The molecule has 4 aromatic carbocycles. The quantitative estimate of drug-likeness (QED) is 0.256. The molecule has 1 aliphatic rings. The number of carbonyl (C=O) groups excluding carboxylic acids is 1. The number of rotatable bonds is 6. The summed E-state index contributed by atoms with van der Waals surface area (Å²) in [7, 11) is 12.4. The first-order valence-corrected chi connectivity index (χ1v) is 15.2. The molecule has 1 amide bonds. The highest BCUT2D eigenvalue weighted by molar-refractivity contribution is 8.04. The monoisotopic (exact) mass is 578 g/mol. The Morgan fingerprint density at radius 3 is 1.67 bits per heavy atom. The first kappa shape index (κ1) is 29.6. The molecule has 0 bridgehead atoms. The maximum atomic E-state index is 13.4. The van der Waals surface area contributed by atoms with Crippen molar-refractivity contribution in [2.24, 2.45) is 5.41 Å². The number of amides is 1. The molecule has 42 heavy (non-hydrogen) atoms. The molecule has 0 spiro atoms. The molecule has 6 heteroatoms. The summed E-state index contributed by atoms with van der Waals surface area (Å²) in [4.78, 5) is 19.8. The highest BCUT2D eigenvalue weighted by atomic mass is 32.2. The van der Waals surface area contributed by atoms with Crippen LogP contribution in [0.4, 0.5) is 17.1 Å². The van der Waals surface area contributed by atoms with E-state index in [0.717, 1.165) is 38.8 Å². The van der Waals surface area contributed by atoms with Crippen LogP contribution in [0.1, 0.15) is 43.0 Å². The summed E-state index contributed by atoms with van der Waals surface area (Å²) in [5, 5.41) is 6.56. The van der Waals surface area contributed by atoms with Gasteiger partial charge in [-0.15, -0.1) is 0 Å². The van der Waals surface area contributed by atoms with Crippen LogP contribution in [-0.2, 0) is 9.54 Å². The van der Waals surface area contributed by atoms with Crippen molar-refractivity contribution in [1.82, 2.24) is 5.32 Å². The van der Waals surface area contributed by atoms with Gasteiger partial charge in [0.2, 0.25) is 5.91 Å². The van der Waals surface area contributed by atoms with E-state index in [9.17, 15) is 4.79 Å². The van der Waals surface area contributed by atoms with Crippen molar-refractivity contribution in [2.45, 2.75) is 25.5 Å². The summed E-state index contributed by atoms with van der Waals surface area (Å²) in [5.41, 5.74) is 7.57. The Bertz CT molecular complexity index is 1590. The third-order valence-corrected chi connectivity index (χ3v) is 9.36. The molecular weight excluding hydrogens is 536 g/mol. The Balaban J connectivity index is 1.89. The number of nitrogens with zero attached hydrogens (tertiary/aromatic N) is 3. The summed E-state index contributed by atoms with van der Waals surface area (Å²) in [6.07, 6.45) is 2.16. The average Bonchev–Trinajstić information content (AvgIpc) is 2.95. The van der Waals surface area contributed by atoms with Gasteiger partial charge in [0.1, 0.15) is 0 Å². The third-order valence-electron chi connectivity index (χ3n) is 7.94. The van der Waals surface area contributed by atoms with Gasteiger partial charge in [0.05, 0.1) is 9.78 Å². The van der Waals surface area contributed by atoms with Crippen LogP contribution in [0.15, 0.2) is 83.9 Å². The Morgan fingerprint density at radius 1 is 0.714 bits per heavy atom. The standard InChI is InChI=1S/C36H42N4OS/c1-35(2,3)34(41)37-32-23-24-22-31(40(8)9)29-12-10-11-13-30(29)33(24)36(42-32,25-14-18-27(19-15-25)38(4)5)26-16-20-28(21-17-26)39(6)7/h10-23H,1-9H3,(H,37,41). The van der Waals surface area contributed by atoms with Gasteiger partial charge in [0.25, 0.3) is 0 Å². The lowest BCUT2D eigenvalue weighted by Crippen LogP contribution is -2.37. The molecule has 218 valence electrons. The maximum absolute atomic E-state index is 13.4. The van der Waals surface area contributed by atoms with E-state index in [4.69, 9.17) is 0 Å². The minimum Gasteiger partial charge on any atom is -0.378 e. The zero-order chi connectivity index (χ0) is 30.4. The molecule has 0 saturated carbocycles. The summed E-state index contributed by atoms with van der Waals surface area (Å²) >= 11 is 1.72. The van der Waals surface area contributed by atoms with Crippen molar-refractivity contribution in [3.05, 3.63) is 106 Å². The number of carbonyl (C=O) groups is 1. The van der Waals surface area contributed by atoms with Gasteiger partial charge in [0.15, 0.2) is 0 Å². The van der Waals surface area contributed by atoms with Crippen molar-refractivity contribution in [3.8, 4) is 0 Å². The van der Waals surface area contributed by atoms with Gasteiger partial charge in [-0.3, -0.25) is 4.79 Å². The average molecular weight is 579 g/mol. The van der Waals surface area contributed by atoms with E-state index in [1.807, 2.05) is 20.8 Å². The van der Waals surface area contributed by atoms with Crippen molar-refractivity contribution in [2.75, 3.05) is 57.0 Å².